The fraction of sp³-hybridized carbons (Fsp3) is 0.300. The van der Waals surface area contributed by atoms with Gasteiger partial charge in [-0.3, -0.25) is 0 Å². The highest BCUT2D eigenvalue weighted by atomic mass is 32.1. The molecule has 1 rings (SSSR count). The van der Waals surface area contributed by atoms with Gasteiger partial charge in [0.05, 0.1) is 0 Å². The van der Waals surface area contributed by atoms with E-state index in [2.05, 4.69) is 10.6 Å². The standard InChI is InChI=1S/C10H13FN2S/c1-8-2-4-9(5-3-8)13-10(14)12-7-6-11/h2-5H,6-7H2,1H3,(H2,12,13,14). The van der Waals surface area contributed by atoms with Crippen LogP contribution in [0.1, 0.15) is 5.56 Å². The van der Waals surface area contributed by atoms with Crippen molar-refractivity contribution in [3.05, 3.63) is 29.8 Å². The second kappa shape index (κ2) is 5.54. The van der Waals surface area contributed by atoms with Gasteiger partial charge in [0.25, 0.3) is 0 Å². The van der Waals surface area contributed by atoms with Crippen LogP contribution in [0.3, 0.4) is 0 Å². The number of aryl methyl sites for hydroxylation is 1. The first-order chi connectivity index (χ1) is 6.72. The minimum Gasteiger partial charge on any atom is -0.360 e. The molecule has 0 amide bonds. The number of hydrogen-bond acceptors (Lipinski definition) is 1. The molecule has 0 aliphatic rings. The molecule has 4 heteroatoms. The molecule has 2 N–H and O–H groups in total. The van der Waals surface area contributed by atoms with Crippen LogP contribution < -0.4 is 10.6 Å². The van der Waals surface area contributed by atoms with Crippen molar-refractivity contribution in [3.8, 4) is 0 Å². The Balaban J connectivity index is 2.44. The Bertz CT molecular complexity index is 297. The van der Waals surface area contributed by atoms with Gasteiger partial charge >= 0.3 is 0 Å². The summed E-state index contributed by atoms with van der Waals surface area (Å²) in [6, 6.07) is 7.83. The molecule has 0 atom stereocenters. The van der Waals surface area contributed by atoms with Crippen LogP contribution in [-0.4, -0.2) is 18.3 Å². The molecule has 0 bridgehead atoms. The molecule has 2 nitrogen and oxygen atoms in total. The summed E-state index contributed by atoms with van der Waals surface area (Å²) in [4.78, 5) is 0. The topological polar surface area (TPSA) is 24.1 Å². The van der Waals surface area contributed by atoms with E-state index in [-0.39, 0.29) is 6.54 Å². The Hall–Kier alpha value is -1.16. The summed E-state index contributed by atoms with van der Waals surface area (Å²) < 4.78 is 11.8. The molecule has 0 radical (unpaired) electrons. The van der Waals surface area contributed by atoms with Gasteiger partial charge in [0.15, 0.2) is 5.11 Å². The van der Waals surface area contributed by atoms with Crippen molar-refractivity contribution < 1.29 is 4.39 Å². The number of benzene rings is 1. The van der Waals surface area contributed by atoms with Crippen LogP contribution in [0.2, 0.25) is 0 Å². The van der Waals surface area contributed by atoms with Gasteiger partial charge in [-0.2, -0.15) is 0 Å². The van der Waals surface area contributed by atoms with Crippen LogP contribution in [0.5, 0.6) is 0 Å². The van der Waals surface area contributed by atoms with Gasteiger partial charge in [-0.05, 0) is 31.3 Å². The lowest BCUT2D eigenvalue weighted by molar-refractivity contribution is 0.492. The molecule has 1 aromatic carbocycles. The molecule has 76 valence electrons. The quantitative estimate of drug-likeness (QED) is 0.751. The van der Waals surface area contributed by atoms with Crippen LogP contribution in [0.15, 0.2) is 24.3 Å². The lowest BCUT2D eigenvalue weighted by Gasteiger charge is -2.08. The highest BCUT2D eigenvalue weighted by molar-refractivity contribution is 7.80. The Labute approximate surface area is 88.5 Å². The SMILES string of the molecule is Cc1ccc(NC(=S)NCCF)cc1. The summed E-state index contributed by atoms with van der Waals surface area (Å²) in [5.41, 5.74) is 2.10. The van der Waals surface area contributed by atoms with Crippen molar-refractivity contribution in [3.63, 3.8) is 0 Å². The molecule has 0 spiro atoms. The van der Waals surface area contributed by atoms with E-state index in [1.165, 1.54) is 5.56 Å². The predicted molar refractivity (Wildman–Crippen MR) is 61.4 cm³/mol. The van der Waals surface area contributed by atoms with E-state index < -0.39 is 6.67 Å². The van der Waals surface area contributed by atoms with E-state index in [0.717, 1.165) is 5.69 Å². The second-order valence-corrected chi connectivity index (χ2v) is 3.34. The molecule has 0 heterocycles. The number of anilines is 1. The van der Waals surface area contributed by atoms with E-state index in [1.807, 2.05) is 31.2 Å². The third-order valence-electron chi connectivity index (χ3n) is 1.69. The fourth-order valence-corrected chi connectivity index (χ4v) is 1.19. The lowest BCUT2D eigenvalue weighted by Crippen LogP contribution is -2.29. The van der Waals surface area contributed by atoms with Gasteiger partial charge in [0, 0.05) is 12.2 Å². The van der Waals surface area contributed by atoms with Gasteiger partial charge in [0.2, 0.25) is 0 Å². The van der Waals surface area contributed by atoms with Gasteiger partial charge in [-0.25, -0.2) is 4.39 Å². The summed E-state index contributed by atoms with van der Waals surface area (Å²) in [6.07, 6.45) is 0. The third kappa shape index (κ3) is 3.70. The summed E-state index contributed by atoms with van der Waals surface area (Å²) in [5, 5.41) is 6.15. The zero-order valence-corrected chi connectivity index (χ0v) is 8.83. The molecule has 0 unspecified atom stereocenters. The first-order valence-corrected chi connectivity index (χ1v) is 4.80. The minimum absolute atomic E-state index is 0.248. The zero-order valence-electron chi connectivity index (χ0n) is 8.01. The normalized spacial score (nSPS) is 9.57. The van der Waals surface area contributed by atoms with Gasteiger partial charge in [-0.1, -0.05) is 17.7 Å². The Morgan fingerprint density at radius 2 is 2.00 bits per heavy atom. The second-order valence-electron chi connectivity index (χ2n) is 2.94. The smallest absolute Gasteiger partial charge is 0.170 e. The highest BCUT2D eigenvalue weighted by Crippen LogP contribution is 2.07. The molecule has 1 aromatic rings. The Morgan fingerprint density at radius 1 is 1.36 bits per heavy atom. The van der Waals surface area contributed by atoms with Crippen LogP contribution in [-0.2, 0) is 0 Å². The molecule has 0 fully saturated rings. The molecule has 0 saturated heterocycles. The van der Waals surface area contributed by atoms with Crippen LogP contribution in [0, 0.1) is 6.92 Å². The highest BCUT2D eigenvalue weighted by Gasteiger charge is 1.95. The molecule has 14 heavy (non-hydrogen) atoms. The maximum atomic E-state index is 11.8. The van der Waals surface area contributed by atoms with E-state index >= 15 is 0 Å². The number of thiocarbonyl (C=S) groups is 1. The average molecular weight is 212 g/mol. The summed E-state index contributed by atoms with van der Waals surface area (Å²) in [6.45, 7) is 1.84. The molecule has 0 aliphatic heterocycles. The van der Waals surface area contributed by atoms with Gasteiger partial charge in [0.1, 0.15) is 6.67 Å². The molecule has 0 aliphatic carbocycles. The fourth-order valence-electron chi connectivity index (χ4n) is 0.973. The lowest BCUT2D eigenvalue weighted by atomic mass is 10.2. The van der Waals surface area contributed by atoms with Crippen molar-refractivity contribution in [1.82, 2.24) is 5.32 Å². The van der Waals surface area contributed by atoms with Crippen LogP contribution in [0.25, 0.3) is 0 Å². The summed E-state index contributed by atoms with van der Waals surface area (Å²) in [7, 11) is 0. The third-order valence-corrected chi connectivity index (χ3v) is 1.94. The van der Waals surface area contributed by atoms with E-state index in [4.69, 9.17) is 12.2 Å². The zero-order chi connectivity index (χ0) is 10.4. The van der Waals surface area contributed by atoms with Crippen molar-refractivity contribution in [2.24, 2.45) is 0 Å². The maximum Gasteiger partial charge on any atom is 0.170 e. The van der Waals surface area contributed by atoms with Crippen molar-refractivity contribution >= 4 is 23.0 Å². The number of alkyl halides is 1. The number of nitrogens with one attached hydrogen (secondary N) is 2. The Kier molecular flexibility index (Phi) is 4.32. The van der Waals surface area contributed by atoms with Crippen molar-refractivity contribution in [2.75, 3.05) is 18.5 Å². The van der Waals surface area contributed by atoms with E-state index in [0.29, 0.717) is 5.11 Å². The monoisotopic (exact) mass is 212 g/mol. The largest absolute Gasteiger partial charge is 0.360 e. The molecule has 0 saturated carbocycles. The number of halogens is 1. The maximum absolute atomic E-state index is 11.8. The average Bonchev–Trinajstić information content (AvgIpc) is 2.18. The molecular weight excluding hydrogens is 199 g/mol. The summed E-state index contributed by atoms with van der Waals surface area (Å²) in [5.74, 6) is 0. The first-order valence-electron chi connectivity index (χ1n) is 4.40. The van der Waals surface area contributed by atoms with Crippen LogP contribution >= 0.6 is 12.2 Å². The number of hydrogen-bond donors (Lipinski definition) is 2. The number of rotatable bonds is 3. The van der Waals surface area contributed by atoms with E-state index in [1.54, 1.807) is 0 Å². The molecular formula is C10H13FN2S. The Morgan fingerprint density at radius 3 is 2.57 bits per heavy atom. The van der Waals surface area contributed by atoms with E-state index in [9.17, 15) is 4.39 Å². The minimum atomic E-state index is -0.421. The van der Waals surface area contributed by atoms with Crippen LogP contribution in [0.4, 0.5) is 10.1 Å². The van der Waals surface area contributed by atoms with Gasteiger partial charge < -0.3 is 10.6 Å². The summed E-state index contributed by atoms with van der Waals surface area (Å²) >= 11 is 4.95. The first kappa shape index (κ1) is 10.9. The van der Waals surface area contributed by atoms with Crippen molar-refractivity contribution in [2.45, 2.75) is 6.92 Å². The van der Waals surface area contributed by atoms with Crippen molar-refractivity contribution in [1.29, 1.82) is 0 Å². The molecule has 0 aromatic heterocycles. The predicted octanol–water partition coefficient (Wildman–Crippen LogP) is 2.25. The van der Waals surface area contributed by atoms with Gasteiger partial charge in [-0.15, -0.1) is 0 Å².